The lowest BCUT2D eigenvalue weighted by Gasteiger charge is -2.31. The zero-order chi connectivity index (χ0) is 20.2. The molecule has 0 aromatic carbocycles. The summed E-state index contributed by atoms with van der Waals surface area (Å²) in [6.45, 7) is 9.49. The Labute approximate surface area is 180 Å². The number of fused-ring (bicyclic) bond motifs is 1. The minimum Gasteiger partial charge on any atom is -0.152 e. The van der Waals surface area contributed by atoms with Crippen LogP contribution in [0.15, 0.2) is 10.8 Å². The van der Waals surface area contributed by atoms with Crippen molar-refractivity contribution in [1.82, 2.24) is 0 Å². The summed E-state index contributed by atoms with van der Waals surface area (Å²) in [5.41, 5.74) is 3.99. The minimum atomic E-state index is 0.602. The lowest BCUT2D eigenvalue weighted by Crippen LogP contribution is -2.22. The molecule has 2 rings (SSSR count). The standard InChI is InChI=1S/C27H48S/c1-5-9-13-23(7-3)15-11-17-27(19-25-21-28-22-26(25)20-27)18-12-16-24(8-4)14-10-6-2/h21-24H,5-20H2,1-4H3. The first-order chi connectivity index (χ1) is 13.7. The molecular weight excluding hydrogens is 356 g/mol. The van der Waals surface area contributed by atoms with Crippen molar-refractivity contribution in [3.05, 3.63) is 21.9 Å². The second kappa shape index (κ2) is 13.1. The Morgan fingerprint density at radius 1 is 0.714 bits per heavy atom. The predicted octanol–water partition coefficient (Wildman–Crippen LogP) is 9.61. The quantitative estimate of drug-likeness (QED) is 0.257. The van der Waals surface area contributed by atoms with E-state index in [0.29, 0.717) is 5.41 Å². The fourth-order valence-electron chi connectivity index (χ4n) is 5.63. The van der Waals surface area contributed by atoms with Crippen molar-refractivity contribution < 1.29 is 0 Å². The molecule has 0 saturated carbocycles. The van der Waals surface area contributed by atoms with E-state index in [1.165, 1.54) is 103 Å². The summed E-state index contributed by atoms with van der Waals surface area (Å²) in [5, 5.41) is 4.90. The van der Waals surface area contributed by atoms with E-state index in [4.69, 9.17) is 0 Å². The van der Waals surface area contributed by atoms with Crippen molar-refractivity contribution in [3.8, 4) is 0 Å². The highest BCUT2D eigenvalue weighted by atomic mass is 32.1. The molecule has 1 aromatic rings. The summed E-state index contributed by atoms with van der Waals surface area (Å²) in [6.07, 6.45) is 22.8. The zero-order valence-corrected chi connectivity index (χ0v) is 20.3. The fourth-order valence-corrected chi connectivity index (χ4v) is 6.50. The van der Waals surface area contributed by atoms with Gasteiger partial charge < -0.3 is 0 Å². The molecule has 0 aliphatic heterocycles. The number of rotatable bonds is 16. The van der Waals surface area contributed by atoms with Crippen molar-refractivity contribution >= 4 is 11.3 Å². The van der Waals surface area contributed by atoms with Gasteiger partial charge in [0.1, 0.15) is 0 Å². The van der Waals surface area contributed by atoms with Gasteiger partial charge in [-0.05, 0) is 64.8 Å². The van der Waals surface area contributed by atoms with E-state index in [-0.39, 0.29) is 0 Å². The third kappa shape index (κ3) is 7.51. The summed E-state index contributed by atoms with van der Waals surface area (Å²) in [4.78, 5) is 0. The van der Waals surface area contributed by atoms with E-state index >= 15 is 0 Å². The first-order valence-corrected chi connectivity index (χ1v) is 13.6. The lowest BCUT2D eigenvalue weighted by atomic mass is 9.74. The molecule has 1 aliphatic rings. The van der Waals surface area contributed by atoms with Crippen LogP contribution in [0.4, 0.5) is 0 Å². The monoisotopic (exact) mass is 404 g/mol. The molecule has 2 atom stereocenters. The van der Waals surface area contributed by atoms with Gasteiger partial charge in [-0.25, -0.2) is 0 Å². The summed E-state index contributed by atoms with van der Waals surface area (Å²) >= 11 is 1.93. The predicted molar refractivity (Wildman–Crippen MR) is 128 cm³/mol. The molecule has 0 fully saturated rings. The first-order valence-electron chi connectivity index (χ1n) is 12.7. The van der Waals surface area contributed by atoms with Gasteiger partial charge in [-0.2, -0.15) is 11.3 Å². The molecule has 1 heterocycles. The molecule has 1 heteroatoms. The third-order valence-corrected chi connectivity index (χ3v) is 8.53. The van der Waals surface area contributed by atoms with Crippen molar-refractivity contribution in [3.63, 3.8) is 0 Å². The summed E-state index contributed by atoms with van der Waals surface area (Å²) in [7, 11) is 0. The van der Waals surface area contributed by atoms with Crippen molar-refractivity contribution in [2.24, 2.45) is 17.3 Å². The Balaban J connectivity index is 1.85. The van der Waals surface area contributed by atoms with Crippen LogP contribution in [-0.4, -0.2) is 0 Å². The Kier molecular flexibility index (Phi) is 11.2. The van der Waals surface area contributed by atoms with Crippen molar-refractivity contribution in [2.45, 2.75) is 130 Å². The lowest BCUT2D eigenvalue weighted by molar-refractivity contribution is 0.220. The molecule has 1 aromatic heterocycles. The van der Waals surface area contributed by atoms with Crippen LogP contribution in [0.2, 0.25) is 0 Å². The molecular formula is C27H48S. The summed E-state index contributed by atoms with van der Waals surface area (Å²) in [6, 6.07) is 0. The average molecular weight is 405 g/mol. The fraction of sp³-hybridized carbons (Fsp3) is 0.852. The van der Waals surface area contributed by atoms with E-state index in [0.717, 1.165) is 11.8 Å². The molecule has 2 unspecified atom stereocenters. The van der Waals surface area contributed by atoms with Crippen molar-refractivity contribution in [1.29, 1.82) is 0 Å². The van der Waals surface area contributed by atoms with Crippen LogP contribution in [0, 0.1) is 17.3 Å². The highest BCUT2D eigenvalue weighted by Crippen LogP contribution is 2.46. The SMILES string of the molecule is CCCCC(CC)CCCC1(CCCC(CC)CCCC)Cc2cscc2C1. The Hall–Kier alpha value is -0.300. The van der Waals surface area contributed by atoms with Gasteiger partial charge in [0.05, 0.1) is 0 Å². The van der Waals surface area contributed by atoms with E-state index in [1.807, 2.05) is 11.3 Å². The van der Waals surface area contributed by atoms with Gasteiger partial charge in [0, 0.05) is 0 Å². The highest BCUT2D eigenvalue weighted by Gasteiger charge is 2.36. The minimum absolute atomic E-state index is 0.602. The van der Waals surface area contributed by atoms with Crippen molar-refractivity contribution in [2.75, 3.05) is 0 Å². The maximum Gasteiger partial charge on any atom is -0.00582 e. The Bertz CT molecular complexity index is 470. The second-order valence-electron chi connectivity index (χ2n) is 9.89. The maximum absolute atomic E-state index is 2.45. The van der Waals surface area contributed by atoms with Crippen LogP contribution in [-0.2, 0) is 12.8 Å². The molecule has 162 valence electrons. The molecule has 0 nitrogen and oxygen atoms in total. The van der Waals surface area contributed by atoms with Gasteiger partial charge in [-0.1, -0.05) is 105 Å². The van der Waals surface area contributed by atoms with E-state index < -0.39 is 0 Å². The van der Waals surface area contributed by atoms with Crippen LogP contribution < -0.4 is 0 Å². The maximum atomic E-state index is 2.45. The van der Waals surface area contributed by atoms with Gasteiger partial charge >= 0.3 is 0 Å². The first kappa shape index (κ1) is 24.0. The van der Waals surface area contributed by atoms with Gasteiger partial charge in [0.25, 0.3) is 0 Å². The molecule has 0 spiro atoms. The smallest absolute Gasteiger partial charge is 0.00582 e. The van der Waals surface area contributed by atoms with Crippen LogP contribution in [0.1, 0.15) is 129 Å². The average Bonchev–Trinajstić information content (AvgIpc) is 3.26. The summed E-state index contributed by atoms with van der Waals surface area (Å²) in [5.74, 6) is 1.95. The number of unbranched alkanes of at least 4 members (excludes halogenated alkanes) is 2. The number of hydrogen-bond acceptors (Lipinski definition) is 1. The molecule has 28 heavy (non-hydrogen) atoms. The van der Waals surface area contributed by atoms with Crippen LogP contribution in [0.25, 0.3) is 0 Å². The molecule has 0 saturated heterocycles. The van der Waals surface area contributed by atoms with Crippen LogP contribution in [0.3, 0.4) is 0 Å². The molecule has 0 amide bonds. The molecule has 1 aliphatic carbocycles. The summed E-state index contributed by atoms with van der Waals surface area (Å²) < 4.78 is 0. The van der Waals surface area contributed by atoms with E-state index in [9.17, 15) is 0 Å². The Morgan fingerprint density at radius 2 is 1.14 bits per heavy atom. The van der Waals surface area contributed by atoms with Gasteiger partial charge in [0.2, 0.25) is 0 Å². The third-order valence-electron chi connectivity index (χ3n) is 7.69. The second-order valence-corrected chi connectivity index (χ2v) is 10.6. The van der Waals surface area contributed by atoms with Crippen LogP contribution in [0.5, 0.6) is 0 Å². The van der Waals surface area contributed by atoms with Gasteiger partial charge in [-0.15, -0.1) is 0 Å². The molecule has 0 bridgehead atoms. The van der Waals surface area contributed by atoms with Crippen LogP contribution >= 0.6 is 11.3 Å². The van der Waals surface area contributed by atoms with Gasteiger partial charge in [0.15, 0.2) is 0 Å². The topological polar surface area (TPSA) is 0 Å². The Morgan fingerprint density at radius 3 is 1.54 bits per heavy atom. The molecule has 0 N–H and O–H groups in total. The van der Waals surface area contributed by atoms with E-state index in [2.05, 4.69) is 38.5 Å². The normalized spacial score (nSPS) is 17.6. The highest BCUT2D eigenvalue weighted by molar-refractivity contribution is 7.08. The van der Waals surface area contributed by atoms with E-state index in [1.54, 1.807) is 11.1 Å². The molecule has 0 radical (unpaired) electrons. The van der Waals surface area contributed by atoms with Gasteiger partial charge in [-0.3, -0.25) is 0 Å². The zero-order valence-electron chi connectivity index (χ0n) is 19.5. The number of thiophene rings is 1. The number of hydrogen-bond donors (Lipinski definition) is 0. The largest absolute Gasteiger partial charge is 0.152 e.